The molecule has 0 spiro atoms. The summed E-state index contributed by atoms with van der Waals surface area (Å²) in [5.41, 5.74) is 5.93. The van der Waals surface area contributed by atoms with E-state index in [-0.39, 0.29) is 16.8 Å². The number of nitrogens with one attached hydrogen (secondary N) is 3. The molecule has 0 radical (unpaired) electrons. The fraction of sp³-hybridized carbons (Fsp3) is 0.0588. The third-order valence-corrected chi connectivity index (χ3v) is 4.00. The molecule has 10 nitrogen and oxygen atoms in total. The molecule has 0 aliphatic heterocycles. The summed E-state index contributed by atoms with van der Waals surface area (Å²) in [6.45, 7) is 1.78. The first-order valence-electron chi connectivity index (χ1n) is 7.96. The van der Waals surface area contributed by atoms with E-state index in [1.54, 1.807) is 43.3 Å². The fourth-order valence-corrected chi connectivity index (χ4v) is 2.52. The average molecular weight is 400 g/mol. The smallest absolute Gasteiger partial charge is 0.332 e. The van der Waals surface area contributed by atoms with Gasteiger partial charge in [0.1, 0.15) is 6.33 Å². The number of hydrazine groups is 1. The van der Waals surface area contributed by atoms with Crippen LogP contribution >= 0.6 is 11.6 Å². The van der Waals surface area contributed by atoms with Crippen LogP contribution in [0.3, 0.4) is 0 Å². The van der Waals surface area contributed by atoms with Crippen LogP contribution in [-0.4, -0.2) is 25.8 Å². The van der Waals surface area contributed by atoms with Gasteiger partial charge in [-0.25, -0.2) is 15.0 Å². The molecular formula is C17H14ClN7O3. The molecule has 3 N–H and O–H groups in total. The lowest BCUT2D eigenvalue weighted by Gasteiger charge is -2.12. The Labute approximate surface area is 164 Å². The lowest BCUT2D eigenvalue weighted by atomic mass is 10.1. The van der Waals surface area contributed by atoms with E-state index in [1.165, 1.54) is 6.20 Å². The quantitative estimate of drug-likeness (QED) is 0.326. The van der Waals surface area contributed by atoms with Gasteiger partial charge in [0, 0.05) is 11.8 Å². The van der Waals surface area contributed by atoms with Crippen LogP contribution in [0.25, 0.3) is 0 Å². The molecule has 0 saturated carbocycles. The molecular weight excluding hydrogens is 386 g/mol. The highest BCUT2D eigenvalue weighted by molar-refractivity contribution is 6.32. The number of benzene rings is 1. The molecule has 1 amide bonds. The Morgan fingerprint density at radius 2 is 1.86 bits per heavy atom. The molecule has 28 heavy (non-hydrogen) atoms. The van der Waals surface area contributed by atoms with E-state index < -0.39 is 16.5 Å². The Kier molecular flexibility index (Phi) is 5.61. The standard InChI is InChI=1S/C17H14ClN7O3/c1-10-5-2-3-6-11(10)17(26)24-23-16-13(25(27)28)15(20-9-21-16)22-12-7-4-8-19-14(12)18/h2-9H,1H3,(H,24,26)(H2,20,21,22,23). The summed E-state index contributed by atoms with van der Waals surface area (Å²) in [6.07, 6.45) is 2.60. The predicted molar refractivity (Wildman–Crippen MR) is 103 cm³/mol. The number of pyridine rings is 1. The average Bonchev–Trinajstić information content (AvgIpc) is 2.68. The number of nitrogens with zero attached hydrogens (tertiary/aromatic N) is 4. The molecule has 142 valence electrons. The summed E-state index contributed by atoms with van der Waals surface area (Å²) in [5, 5.41) is 14.4. The third-order valence-electron chi connectivity index (χ3n) is 3.70. The highest BCUT2D eigenvalue weighted by Crippen LogP contribution is 2.32. The van der Waals surface area contributed by atoms with Crippen LogP contribution in [0.2, 0.25) is 5.15 Å². The maximum absolute atomic E-state index is 12.3. The van der Waals surface area contributed by atoms with E-state index in [0.29, 0.717) is 11.3 Å². The zero-order chi connectivity index (χ0) is 20.1. The Morgan fingerprint density at radius 3 is 2.57 bits per heavy atom. The maximum Gasteiger partial charge on any atom is 0.355 e. The van der Waals surface area contributed by atoms with E-state index in [2.05, 4.69) is 31.1 Å². The van der Waals surface area contributed by atoms with Crippen LogP contribution in [0.1, 0.15) is 15.9 Å². The topological polar surface area (TPSA) is 135 Å². The van der Waals surface area contributed by atoms with Crippen LogP contribution < -0.4 is 16.2 Å². The molecule has 3 rings (SSSR count). The zero-order valence-electron chi connectivity index (χ0n) is 14.5. The SMILES string of the molecule is Cc1ccccc1C(=O)NNc1ncnc(Nc2cccnc2Cl)c1[N+](=O)[O-]. The van der Waals surface area contributed by atoms with Crippen molar-refractivity contribution in [3.8, 4) is 0 Å². The van der Waals surface area contributed by atoms with E-state index in [9.17, 15) is 14.9 Å². The molecule has 0 atom stereocenters. The van der Waals surface area contributed by atoms with Crippen molar-refractivity contribution in [2.24, 2.45) is 0 Å². The minimum atomic E-state index is -0.672. The minimum absolute atomic E-state index is 0.109. The van der Waals surface area contributed by atoms with E-state index in [4.69, 9.17) is 11.6 Å². The highest BCUT2D eigenvalue weighted by Gasteiger charge is 2.24. The number of aryl methyl sites for hydroxylation is 1. The summed E-state index contributed by atoms with van der Waals surface area (Å²) >= 11 is 5.97. The summed E-state index contributed by atoms with van der Waals surface area (Å²) in [6, 6.07) is 10.1. The normalized spacial score (nSPS) is 10.2. The van der Waals surface area contributed by atoms with Crippen molar-refractivity contribution in [3.63, 3.8) is 0 Å². The highest BCUT2D eigenvalue weighted by atomic mass is 35.5. The molecule has 0 unspecified atom stereocenters. The lowest BCUT2D eigenvalue weighted by Crippen LogP contribution is -2.30. The number of carbonyl (C=O) groups excluding carboxylic acids is 1. The number of rotatable bonds is 6. The number of hydrogen-bond donors (Lipinski definition) is 3. The van der Waals surface area contributed by atoms with Crippen LogP contribution in [0, 0.1) is 17.0 Å². The number of nitro groups is 1. The van der Waals surface area contributed by atoms with E-state index in [1.807, 2.05) is 0 Å². The Hall–Kier alpha value is -3.79. The van der Waals surface area contributed by atoms with Gasteiger partial charge in [-0.15, -0.1) is 0 Å². The second-order valence-electron chi connectivity index (χ2n) is 5.54. The van der Waals surface area contributed by atoms with Crippen molar-refractivity contribution < 1.29 is 9.72 Å². The van der Waals surface area contributed by atoms with Crippen molar-refractivity contribution in [3.05, 3.63) is 75.3 Å². The van der Waals surface area contributed by atoms with Crippen molar-refractivity contribution >= 4 is 40.5 Å². The van der Waals surface area contributed by atoms with Gasteiger partial charge in [-0.3, -0.25) is 25.8 Å². The first kappa shape index (κ1) is 19.0. The number of aromatic nitrogens is 3. The van der Waals surface area contributed by atoms with Gasteiger partial charge in [0.05, 0.1) is 10.6 Å². The van der Waals surface area contributed by atoms with E-state index in [0.717, 1.165) is 11.9 Å². The van der Waals surface area contributed by atoms with Crippen molar-refractivity contribution in [1.29, 1.82) is 0 Å². The summed E-state index contributed by atoms with van der Waals surface area (Å²) in [5.74, 6) is -0.761. The first-order valence-corrected chi connectivity index (χ1v) is 8.34. The second-order valence-corrected chi connectivity index (χ2v) is 5.90. The molecule has 0 aliphatic carbocycles. The van der Waals surface area contributed by atoms with Gasteiger partial charge >= 0.3 is 5.69 Å². The Balaban J connectivity index is 1.85. The Morgan fingerprint density at radius 1 is 1.11 bits per heavy atom. The van der Waals surface area contributed by atoms with Crippen molar-refractivity contribution in [1.82, 2.24) is 20.4 Å². The molecule has 2 aromatic heterocycles. The lowest BCUT2D eigenvalue weighted by molar-refractivity contribution is -0.383. The summed E-state index contributed by atoms with van der Waals surface area (Å²) in [4.78, 5) is 34.8. The summed E-state index contributed by atoms with van der Waals surface area (Å²) < 4.78 is 0. The number of carbonyl (C=O) groups is 1. The third kappa shape index (κ3) is 4.13. The molecule has 11 heteroatoms. The minimum Gasteiger partial charge on any atom is -0.332 e. The molecule has 0 bridgehead atoms. The van der Waals surface area contributed by atoms with Gasteiger partial charge in [-0.2, -0.15) is 0 Å². The number of amides is 1. The van der Waals surface area contributed by atoms with Crippen LogP contribution in [0.15, 0.2) is 48.9 Å². The molecule has 3 aromatic rings. The predicted octanol–water partition coefficient (Wildman–Crippen LogP) is 3.24. The maximum atomic E-state index is 12.3. The van der Waals surface area contributed by atoms with Gasteiger partial charge < -0.3 is 5.32 Å². The molecule has 0 saturated heterocycles. The second kappa shape index (κ2) is 8.27. The van der Waals surface area contributed by atoms with E-state index >= 15 is 0 Å². The molecule has 2 heterocycles. The molecule has 0 fully saturated rings. The van der Waals surface area contributed by atoms with Gasteiger partial charge in [-0.1, -0.05) is 29.8 Å². The van der Waals surface area contributed by atoms with Gasteiger partial charge in [0.2, 0.25) is 11.6 Å². The monoisotopic (exact) mass is 399 g/mol. The van der Waals surface area contributed by atoms with Crippen LogP contribution in [0.4, 0.5) is 23.0 Å². The van der Waals surface area contributed by atoms with Crippen LogP contribution in [0.5, 0.6) is 0 Å². The largest absolute Gasteiger partial charge is 0.355 e. The number of anilines is 3. The summed E-state index contributed by atoms with van der Waals surface area (Å²) in [7, 11) is 0. The van der Waals surface area contributed by atoms with Crippen molar-refractivity contribution in [2.75, 3.05) is 10.7 Å². The van der Waals surface area contributed by atoms with Gasteiger partial charge in [0.15, 0.2) is 5.15 Å². The molecule has 0 aliphatic rings. The Bertz CT molecular complexity index is 1040. The van der Waals surface area contributed by atoms with Crippen LogP contribution in [-0.2, 0) is 0 Å². The fourth-order valence-electron chi connectivity index (χ4n) is 2.35. The first-order chi connectivity index (χ1) is 13.5. The number of halogens is 1. The van der Waals surface area contributed by atoms with Gasteiger partial charge in [-0.05, 0) is 30.7 Å². The number of hydrogen-bond acceptors (Lipinski definition) is 8. The zero-order valence-corrected chi connectivity index (χ0v) is 15.3. The molecule has 1 aromatic carbocycles. The van der Waals surface area contributed by atoms with Gasteiger partial charge in [0.25, 0.3) is 5.91 Å². The van der Waals surface area contributed by atoms with Crippen molar-refractivity contribution in [2.45, 2.75) is 6.92 Å².